The van der Waals surface area contributed by atoms with Crippen LogP contribution in [0.5, 0.6) is 0 Å². The van der Waals surface area contributed by atoms with Crippen LogP contribution >= 0.6 is 23.2 Å². The molecule has 0 aliphatic rings. The van der Waals surface area contributed by atoms with Crippen LogP contribution in [0.3, 0.4) is 0 Å². The van der Waals surface area contributed by atoms with Crippen LogP contribution in [0, 0.1) is 0 Å². The minimum absolute atomic E-state index is 0.175. The second kappa shape index (κ2) is 5.48. The van der Waals surface area contributed by atoms with Gasteiger partial charge in [-0.3, -0.25) is 4.98 Å². The molecule has 0 aliphatic carbocycles. The lowest BCUT2D eigenvalue weighted by atomic mass is 10.0. The number of aromatic nitrogens is 2. The van der Waals surface area contributed by atoms with Crippen LogP contribution in [0.2, 0.25) is 10.2 Å². The molecule has 0 fully saturated rings. The van der Waals surface area contributed by atoms with Gasteiger partial charge >= 0.3 is 0 Å². The summed E-state index contributed by atoms with van der Waals surface area (Å²) >= 11 is 12.0. The average Bonchev–Trinajstić information content (AvgIpc) is 2.38. The van der Waals surface area contributed by atoms with Gasteiger partial charge in [-0.25, -0.2) is 4.98 Å². The molecule has 0 amide bonds. The second-order valence-electron chi connectivity index (χ2n) is 3.58. The highest BCUT2D eigenvalue weighted by atomic mass is 35.5. The normalized spacial score (nSPS) is 12.2. The molecule has 3 nitrogen and oxygen atoms in total. The number of rotatable bonds is 3. The Hall–Kier alpha value is -1.42. The zero-order chi connectivity index (χ0) is 13.1. The monoisotopic (exact) mass is 280 g/mol. The van der Waals surface area contributed by atoms with Crippen LogP contribution in [0.25, 0.3) is 6.08 Å². The van der Waals surface area contributed by atoms with Gasteiger partial charge < -0.3 is 5.11 Å². The van der Waals surface area contributed by atoms with Crippen molar-refractivity contribution in [1.82, 2.24) is 9.97 Å². The molecule has 1 unspecified atom stereocenters. The van der Waals surface area contributed by atoms with Crippen molar-refractivity contribution in [2.45, 2.75) is 6.10 Å². The summed E-state index contributed by atoms with van der Waals surface area (Å²) < 4.78 is 0. The number of halogens is 2. The highest BCUT2D eigenvalue weighted by Crippen LogP contribution is 2.33. The fraction of sp³-hybridized carbons (Fsp3) is 0.0769. The van der Waals surface area contributed by atoms with E-state index in [2.05, 4.69) is 16.5 Å². The highest BCUT2D eigenvalue weighted by molar-refractivity contribution is 6.35. The summed E-state index contributed by atoms with van der Waals surface area (Å²) in [6.45, 7) is 3.66. The quantitative estimate of drug-likeness (QED) is 0.876. The van der Waals surface area contributed by atoms with Crippen molar-refractivity contribution >= 4 is 29.3 Å². The van der Waals surface area contributed by atoms with Gasteiger partial charge in [-0.05, 0) is 18.2 Å². The molecule has 2 rings (SSSR count). The van der Waals surface area contributed by atoms with Gasteiger partial charge in [-0.2, -0.15) is 0 Å². The molecule has 5 heteroatoms. The van der Waals surface area contributed by atoms with E-state index in [1.54, 1.807) is 30.5 Å². The van der Waals surface area contributed by atoms with E-state index in [1.807, 2.05) is 0 Å². The summed E-state index contributed by atoms with van der Waals surface area (Å²) in [5.41, 5.74) is 1.54. The first-order chi connectivity index (χ1) is 8.65. The maximum atomic E-state index is 10.4. The Morgan fingerprint density at radius 3 is 2.67 bits per heavy atom. The van der Waals surface area contributed by atoms with E-state index in [-0.39, 0.29) is 5.15 Å². The van der Waals surface area contributed by atoms with Crippen LogP contribution in [0.1, 0.15) is 22.9 Å². The Balaban J connectivity index is 2.54. The molecule has 0 aliphatic heterocycles. The van der Waals surface area contributed by atoms with Crippen molar-refractivity contribution in [3.05, 3.63) is 64.2 Å². The zero-order valence-electron chi connectivity index (χ0n) is 9.35. The van der Waals surface area contributed by atoms with E-state index >= 15 is 0 Å². The summed E-state index contributed by atoms with van der Waals surface area (Å²) in [6, 6.07) is 5.05. The summed E-state index contributed by atoms with van der Waals surface area (Å²) in [5.74, 6) is 0. The molecule has 18 heavy (non-hydrogen) atoms. The van der Waals surface area contributed by atoms with Crippen LogP contribution in [0.4, 0.5) is 0 Å². The zero-order valence-corrected chi connectivity index (χ0v) is 10.9. The lowest BCUT2D eigenvalue weighted by molar-refractivity contribution is 0.219. The summed E-state index contributed by atoms with van der Waals surface area (Å²) in [6.07, 6.45) is 3.69. The molecule has 0 spiro atoms. The molecule has 2 aromatic rings. The Kier molecular flexibility index (Phi) is 3.97. The van der Waals surface area contributed by atoms with Crippen molar-refractivity contribution in [1.29, 1.82) is 0 Å². The van der Waals surface area contributed by atoms with Gasteiger partial charge in [-0.15, -0.1) is 0 Å². The molecule has 0 saturated carbocycles. The molecule has 0 radical (unpaired) electrons. The molecular formula is C13H10Cl2N2O. The largest absolute Gasteiger partial charge is 0.383 e. The van der Waals surface area contributed by atoms with Crippen LogP contribution in [-0.4, -0.2) is 15.1 Å². The predicted molar refractivity (Wildman–Crippen MR) is 72.6 cm³/mol. The standard InChI is InChI=1S/C13H10Cl2N2O/c1-2-10-8(4-3-6-16-10)12(18)11-9(14)5-7-17-13(11)15/h2-7,12,18H,1H2. The number of pyridine rings is 2. The minimum Gasteiger partial charge on any atom is -0.383 e. The molecule has 0 saturated heterocycles. The first-order valence-electron chi connectivity index (χ1n) is 5.20. The molecular weight excluding hydrogens is 271 g/mol. The maximum Gasteiger partial charge on any atom is 0.136 e. The molecule has 2 heterocycles. The Morgan fingerprint density at radius 1 is 1.22 bits per heavy atom. The predicted octanol–water partition coefficient (Wildman–Crippen LogP) is 3.51. The lowest BCUT2D eigenvalue weighted by Gasteiger charge is -2.15. The smallest absolute Gasteiger partial charge is 0.136 e. The van der Waals surface area contributed by atoms with Crippen LogP contribution in [-0.2, 0) is 0 Å². The topological polar surface area (TPSA) is 46.0 Å². The average molecular weight is 281 g/mol. The molecule has 0 aromatic carbocycles. The number of hydrogen-bond acceptors (Lipinski definition) is 3. The fourth-order valence-corrected chi connectivity index (χ4v) is 2.22. The van der Waals surface area contributed by atoms with Gasteiger partial charge in [-0.1, -0.05) is 35.8 Å². The third-order valence-corrected chi connectivity index (χ3v) is 3.15. The van der Waals surface area contributed by atoms with E-state index < -0.39 is 6.10 Å². The van der Waals surface area contributed by atoms with Crippen molar-refractivity contribution < 1.29 is 5.11 Å². The molecule has 1 atom stereocenters. The van der Waals surface area contributed by atoms with Gasteiger partial charge in [0.2, 0.25) is 0 Å². The SMILES string of the molecule is C=Cc1ncccc1C(O)c1c(Cl)ccnc1Cl. The van der Waals surface area contributed by atoms with Crippen molar-refractivity contribution in [3.8, 4) is 0 Å². The number of aliphatic hydroxyl groups excluding tert-OH is 1. The Bertz CT molecular complexity index is 567. The van der Waals surface area contributed by atoms with Gasteiger partial charge in [0.1, 0.15) is 11.3 Å². The first kappa shape index (κ1) is 13.0. The van der Waals surface area contributed by atoms with E-state index in [9.17, 15) is 5.11 Å². The fourth-order valence-electron chi connectivity index (χ4n) is 1.66. The Morgan fingerprint density at radius 2 is 2.00 bits per heavy atom. The Labute approximate surface area is 115 Å². The lowest BCUT2D eigenvalue weighted by Crippen LogP contribution is -2.05. The van der Waals surface area contributed by atoms with E-state index in [1.165, 1.54) is 6.20 Å². The highest BCUT2D eigenvalue weighted by Gasteiger charge is 2.20. The van der Waals surface area contributed by atoms with E-state index in [0.29, 0.717) is 21.8 Å². The molecule has 92 valence electrons. The number of aliphatic hydroxyl groups is 1. The summed E-state index contributed by atoms with van der Waals surface area (Å²) in [4.78, 5) is 8.04. The molecule has 1 N–H and O–H groups in total. The van der Waals surface area contributed by atoms with Crippen LogP contribution < -0.4 is 0 Å². The van der Waals surface area contributed by atoms with Crippen molar-refractivity contribution in [2.24, 2.45) is 0 Å². The third-order valence-electron chi connectivity index (χ3n) is 2.52. The molecule has 2 aromatic heterocycles. The second-order valence-corrected chi connectivity index (χ2v) is 4.35. The van der Waals surface area contributed by atoms with Crippen LogP contribution in [0.15, 0.2) is 37.2 Å². The molecule has 0 bridgehead atoms. The van der Waals surface area contributed by atoms with E-state index in [0.717, 1.165) is 0 Å². The van der Waals surface area contributed by atoms with Gasteiger partial charge in [0, 0.05) is 23.5 Å². The van der Waals surface area contributed by atoms with E-state index in [4.69, 9.17) is 23.2 Å². The minimum atomic E-state index is -0.986. The summed E-state index contributed by atoms with van der Waals surface area (Å²) in [5, 5.41) is 10.9. The third kappa shape index (κ3) is 2.38. The maximum absolute atomic E-state index is 10.4. The van der Waals surface area contributed by atoms with Crippen molar-refractivity contribution in [3.63, 3.8) is 0 Å². The number of nitrogens with zero attached hydrogens (tertiary/aromatic N) is 2. The number of hydrogen-bond donors (Lipinski definition) is 1. The first-order valence-corrected chi connectivity index (χ1v) is 5.96. The van der Waals surface area contributed by atoms with Gasteiger partial charge in [0.25, 0.3) is 0 Å². The van der Waals surface area contributed by atoms with Gasteiger partial charge in [0.15, 0.2) is 0 Å². The van der Waals surface area contributed by atoms with Crippen molar-refractivity contribution in [2.75, 3.05) is 0 Å². The van der Waals surface area contributed by atoms with Gasteiger partial charge in [0.05, 0.1) is 10.7 Å². The summed E-state index contributed by atoms with van der Waals surface area (Å²) in [7, 11) is 0.